The minimum atomic E-state index is 0.0453. The number of nitrogens with one attached hydrogen (secondary N) is 1. The molecule has 2 aromatic rings. The third-order valence-corrected chi connectivity index (χ3v) is 5.78. The first kappa shape index (κ1) is 18.4. The lowest BCUT2D eigenvalue weighted by molar-refractivity contribution is -0.135. The lowest BCUT2D eigenvalue weighted by atomic mass is 9.85. The van der Waals surface area contributed by atoms with Crippen LogP contribution in [0, 0.1) is 0 Å². The van der Waals surface area contributed by atoms with Gasteiger partial charge in [-0.2, -0.15) is 0 Å². The topological polar surface area (TPSA) is 71.3 Å². The van der Waals surface area contributed by atoms with Crippen molar-refractivity contribution in [2.75, 3.05) is 25.5 Å². The van der Waals surface area contributed by atoms with Crippen molar-refractivity contribution in [1.82, 2.24) is 20.4 Å². The molecule has 27 heavy (non-hydrogen) atoms. The predicted molar refractivity (Wildman–Crippen MR) is 103 cm³/mol. The SMILES string of the molecule is O=C(CCCCl)N1CC(c2nnc(C3NCCCC3c3ccccc3)o2)C1. The summed E-state index contributed by atoms with van der Waals surface area (Å²) in [5.74, 6) is 2.46. The van der Waals surface area contributed by atoms with E-state index in [9.17, 15) is 4.79 Å². The highest BCUT2D eigenvalue weighted by Crippen LogP contribution is 2.37. The Labute approximate surface area is 164 Å². The standard InChI is InChI=1S/C20H25ClN4O2/c21-10-4-9-17(26)25-12-15(13-25)19-23-24-20(27-19)18-16(8-5-11-22-18)14-6-2-1-3-7-14/h1-3,6-7,15-16,18,22H,4-5,8-13H2. The Bertz CT molecular complexity index is 760. The molecule has 0 radical (unpaired) electrons. The molecule has 1 N–H and O–H groups in total. The summed E-state index contributed by atoms with van der Waals surface area (Å²) in [6, 6.07) is 10.6. The van der Waals surface area contributed by atoms with Gasteiger partial charge in [0.25, 0.3) is 0 Å². The van der Waals surface area contributed by atoms with Gasteiger partial charge in [0.15, 0.2) is 0 Å². The molecule has 2 fully saturated rings. The zero-order valence-electron chi connectivity index (χ0n) is 15.3. The molecule has 3 heterocycles. The quantitative estimate of drug-likeness (QED) is 0.769. The van der Waals surface area contributed by atoms with E-state index in [1.807, 2.05) is 11.0 Å². The van der Waals surface area contributed by atoms with Crippen LogP contribution in [0.25, 0.3) is 0 Å². The minimum absolute atomic E-state index is 0.0453. The summed E-state index contributed by atoms with van der Waals surface area (Å²) in [6.45, 7) is 2.27. The second-order valence-corrected chi connectivity index (χ2v) is 7.74. The first-order valence-corrected chi connectivity index (χ1v) is 10.2. The number of likely N-dealkylation sites (tertiary alicyclic amines) is 1. The number of piperidine rings is 1. The zero-order chi connectivity index (χ0) is 18.6. The minimum Gasteiger partial charge on any atom is -0.423 e. The van der Waals surface area contributed by atoms with E-state index < -0.39 is 0 Å². The second kappa shape index (κ2) is 8.40. The van der Waals surface area contributed by atoms with E-state index in [-0.39, 0.29) is 17.9 Å². The van der Waals surface area contributed by atoms with E-state index in [1.165, 1.54) is 5.56 Å². The Morgan fingerprint density at radius 3 is 2.78 bits per heavy atom. The van der Waals surface area contributed by atoms with E-state index in [2.05, 4.69) is 39.8 Å². The molecular weight excluding hydrogens is 364 g/mol. The summed E-state index contributed by atoms with van der Waals surface area (Å²) in [6.07, 6.45) is 3.47. The van der Waals surface area contributed by atoms with Crippen LogP contribution in [0.1, 0.15) is 60.9 Å². The average molecular weight is 389 g/mol. The van der Waals surface area contributed by atoms with Crippen LogP contribution in [-0.2, 0) is 4.79 Å². The predicted octanol–water partition coefficient (Wildman–Crippen LogP) is 3.22. The molecule has 2 saturated heterocycles. The maximum atomic E-state index is 12.0. The molecule has 2 aliphatic heterocycles. The highest BCUT2D eigenvalue weighted by Gasteiger charge is 2.37. The molecule has 7 heteroatoms. The number of hydrogen-bond donors (Lipinski definition) is 1. The number of benzene rings is 1. The molecule has 0 aliphatic carbocycles. The van der Waals surface area contributed by atoms with Gasteiger partial charge in [0.05, 0.1) is 12.0 Å². The Kier molecular flexibility index (Phi) is 5.74. The van der Waals surface area contributed by atoms with Gasteiger partial charge >= 0.3 is 0 Å². The Hall–Kier alpha value is -1.92. The smallest absolute Gasteiger partial charge is 0.234 e. The van der Waals surface area contributed by atoms with Crippen LogP contribution in [0.5, 0.6) is 0 Å². The average Bonchev–Trinajstić information content (AvgIpc) is 3.15. The first-order valence-electron chi connectivity index (χ1n) is 9.71. The van der Waals surface area contributed by atoms with Gasteiger partial charge < -0.3 is 14.6 Å². The molecule has 144 valence electrons. The first-order chi connectivity index (χ1) is 13.3. The van der Waals surface area contributed by atoms with Crippen LogP contribution in [0.3, 0.4) is 0 Å². The molecule has 1 aromatic heterocycles. The van der Waals surface area contributed by atoms with Crippen molar-refractivity contribution in [2.24, 2.45) is 0 Å². The van der Waals surface area contributed by atoms with Crippen molar-refractivity contribution < 1.29 is 9.21 Å². The normalized spacial score (nSPS) is 23.2. The highest BCUT2D eigenvalue weighted by molar-refractivity contribution is 6.17. The maximum absolute atomic E-state index is 12.0. The van der Waals surface area contributed by atoms with Gasteiger partial charge in [-0.15, -0.1) is 21.8 Å². The zero-order valence-corrected chi connectivity index (χ0v) is 16.1. The Morgan fingerprint density at radius 1 is 1.22 bits per heavy atom. The van der Waals surface area contributed by atoms with Gasteiger partial charge in [-0.3, -0.25) is 4.79 Å². The summed E-state index contributed by atoms with van der Waals surface area (Å²) >= 11 is 5.66. The van der Waals surface area contributed by atoms with Crippen LogP contribution in [0.2, 0.25) is 0 Å². The molecular formula is C20H25ClN4O2. The van der Waals surface area contributed by atoms with Crippen molar-refractivity contribution >= 4 is 17.5 Å². The number of alkyl halides is 1. The lowest BCUT2D eigenvalue weighted by Crippen LogP contribution is -2.48. The van der Waals surface area contributed by atoms with E-state index in [0.717, 1.165) is 25.8 Å². The second-order valence-electron chi connectivity index (χ2n) is 7.36. The van der Waals surface area contributed by atoms with Crippen LogP contribution in [-0.4, -0.2) is 46.5 Å². The molecule has 1 amide bonds. The summed E-state index contributed by atoms with van der Waals surface area (Å²) in [7, 11) is 0. The van der Waals surface area contributed by atoms with Crippen molar-refractivity contribution in [3.05, 3.63) is 47.7 Å². The fourth-order valence-electron chi connectivity index (χ4n) is 3.96. The van der Waals surface area contributed by atoms with Crippen LogP contribution >= 0.6 is 11.6 Å². The van der Waals surface area contributed by atoms with E-state index in [0.29, 0.717) is 43.1 Å². The fraction of sp³-hybridized carbons (Fsp3) is 0.550. The van der Waals surface area contributed by atoms with Gasteiger partial charge in [-0.25, -0.2) is 0 Å². The fourth-order valence-corrected chi connectivity index (χ4v) is 4.09. The summed E-state index contributed by atoms with van der Waals surface area (Å²) in [5, 5.41) is 12.2. The van der Waals surface area contributed by atoms with Crippen LogP contribution in [0.15, 0.2) is 34.7 Å². The van der Waals surface area contributed by atoms with E-state index >= 15 is 0 Å². The molecule has 0 saturated carbocycles. The molecule has 0 spiro atoms. The van der Waals surface area contributed by atoms with E-state index in [1.54, 1.807) is 0 Å². The lowest BCUT2D eigenvalue weighted by Gasteiger charge is -2.37. The molecule has 6 nitrogen and oxygen atoms in total. The molecule has 2 unspecified atom stereocenters. The van der Waals surface area contributed by atoms with Gasteiger partial charge in [0, 0.05) is 31.3 Å². The largest absolute Gasteiger partial charge is 0.423 e. The number of hydrogen-bond acceptors (Lipinski definition) is 5. The maximum Gasteiger partial charge on any atom is 0.234 e. The van der Waals surface area contributed by atoms with Crippen LogP contribution < -0.4 is 5.32 Å². The van der Waals surface area contributed by atoms with E-state index in [4.69, 9.17) is 16.0 Å². The molecule has 2 aliphatic rings. The summed E-state index contributed by atoms with van der Waals surface area (Å²) in [4.78, 5) is 13.8. The number of aromatic nitrogens is 2. The van der Waals surface area contributed by atoms with Crippen molar-refractivity contribution in [3.63, 3.8) is 0 Å². The highest BCUT2D eigenvalue weighted by atomic mass is 35.5. The van der Waals surface area contributed by atoms with Gasteiger partial charge in [0.2, 0.25) is 17.7 Å². The number of amides is 1. The number of carbonyl (C=O) groups excluding carboxylic acids is 1. The monoisotopic (exact) mass is 388 g/mol. The van der Waals surface area contributed by atoms with Gasteiger partial charge in [0.1, 0.15) is 0 Å². The Balaban J connectivity index is 1.41. The molecule has 2 atom stereocenters. The van der Waals surface area contributed by atoms with Crippen molar-refractivity contribution in [1.29, 1.82) is 0 Å². The third kappa shape index (κ3) is 4.01. The molecule has 4 rings (SSSR count). The molecule has 0 bridgehead atoms. The summed E-state index contributed by atoms with van der Waals surface area (Å²) < 4.78 is 6.04. The Morgan fingerprint density at radius 2 is 2.00 bits per heavy atom. The summed E-state index contributed by atoms with van der Waals surface area (Å²) in [5.41, 5.74) is 1.30. The van der Waals surface area contributed by atoms with Gasteiger partial charge in [-0.05, 0) is 31.4 Å². The number of rotatable bonds is 6. The third-order valence-electron chi connectivity index (χ3n) is 5.52. The van der Waals surface area contributed by atoms with Crippen molar-refractivity contribution in [3.8, 4) is 0 Å². The number of carbonyl (C=O) groups is 1. The van der Waals surface area contributed by atoms with Gasteiger partial charge in [-0.1, -0.05) is 30.3 Å². The number of nitrogens with zero attached hydrogens (tertiary/aromatic N) is 3. The van der Waals surface area contributed by atoms with Crippen molar-refractivity contribution in [2.45, 2.75) is 43.6 Å². The molecule has 1 aromatic carbocycles. The van der Waals surface area contributed by atoms with Crippen LogP contribution in [0.4, 0.5) is 0 Å². The number of halogens is 1.